The van der Waals surface area contributed by atoms with Crippen LogP contribution >= 0.6 is 0 Å². The van der Waals surface area contributed by atoms with Gasteiger partial charge in [-0.15, -0.1) is 0 Å². The molecule has 6 heteroatoms. The fraction of sp³-hybridized carbons (Fsp3) is 0.554. The third kappa shape index (κ3) is 55.8. The lowest BCUT2D eigenvalue weighted by atomic mass is 10.1. The molecular formula is C65H100O6. The molecule has 0 heterocycles. The van der Waals surface area contributed by atoms with Gasteiger partial charge in [0.2, 0.25) is 0 Å². The maximum absolute atomic E-state index is 12.8. The number of hydrogen-bond donors (Lipinski definition) is 0. The van der Waals surface area contributed by atoms with Gasteiger partial charge in [0.25, 0.3) is 0 Å². The highest BCUT2D eigenvalue weighted by atomic mass is 16.6. The van der Waals surface area contributed by atoms with Crippen LogP contribution in [0.15, 0.2) is 158 Å². The molecule has 0 aromatic heterocycles. The highest BCUT2D eigenvalue weighted by molar-refractivity contribution is 5.71. The third-order valence-corrected chi connectivity index (χ3v) is 11.0. The van der Waals surface area contributed by atoms with Crippen molar-refractivity contribution in [2.45, 2.75) is 219 Å². The molecule has 0 radical (unpaired) electrons. The summed E-state index contributed by atoms with van der Waals surface area (Å²) in [5, 5.41) is 0. The minimum absolute atomic E-state index is 0.130. The lowest BCUT2D eigenvalue weighted by Gasteiger charge is -2.18. The van der Waals surface area contributed by atoms with E-state index in [1.54, 1.807) is 0 Å². The molecule has 396 valence electrons. The summed E-state index contributed by atoms with van der Waals surface area (Å²) >= 11 is 0. The van der Waals surface area contributed by atoms with Crippen LogP contribution < -0.4 is 0 Å². The van der Waals surface area contributed by atoms with Gasteiger partial charge in [-0.05, 0) is 141 Å². The summed E-state index contributed by atoms with van der Waals surface area (Å²) in [7, 11) is 0. The Balaban J connectivity index is 4.62. The molecule has 6 nitrogen and oxygen atoms in total. The number of carbonyl (C=O) groups excluding carboxylic acids is 3. The number of rotatable bonds is 48. The third-order valence-electron chi connectivity index (χ3n) is 11.0. The van der Waals surface area contributed by atoms with E-state index in [2.05, 4.69) is 179 Å². The van der Waals surface area contributed by atoms with E-state index in [0.29, 0.717) is 12.8 Å². The van der Waals surface area contributed by atoms with E-state index in [0.717, 1.165) is 141 Å². The van der Waals surface area contributed by atoms with Crippen molar-refractivity contribution < 1.29 is 28.6 Å². The molecule has 71 heavy (non-hydrogen) atoms. The van der Waals surface area contributed by atoms with Gasteiger partial charge in [-0.25, -0.2) is 0 Å². The Morgan fingerprint density at radius 2 is 0.563 bits per heavy atom. The smallest absolute Gasteiger partial charge is 0.306 e. The summed E-state index contributed by atoms with van der Waals surface area (Å²) in [5.74, 6) is -1.05. The van der Waals surface area contributed by atoms with Crippen molar-refractivity contribution in [2.75, 3.05) is 13.2 Å². The number of hydrogen-bond acceptors (Lipinski definition) is 6. The predicted molar refractivity (Wildman–Crippen MR) is 306 cm³/mol. The van der Waals surface area contributed by atoms with Crippen LogP contribution in [0.25, 0.3) is 0 Å². The molecule has 0 aromatic rings. The molecule has 0 aromatic carbocycles. The van der Waals surface area contributed by atoms with Crippen molar-refractivity contribution in [3.8, 4) is 0 Å². The largest absolute Gasteiger partial charge is 0.462 e. The average Bonchev–Trinajstić information content (AvgIpc) is 3.37. The molecule has 0 unspecified atom stereocenters. The summed E-state index contributed by atoms with van der Waals surface area (Å²) < 4.78 is 16.8. The highest BCUT2D eigenvalue weighted by Gasteiger charge is 2.19. The minimum Gasteiger partial charge on any atom is -0.462 e. The normalized spacial score (nSPS) is 13.3. The number of esters is 3. The first-order valence-electron chi connectivity index (χ1n) is 28.0. The monoisotopic (exact) mass is 977 g/mol. The van der Waals surface area contributed by atoms with Crippen LogP contribution in [0.2, 0.25) is 0 Å². The number of allylic oxidation sites excluding steroid dienone is 26. The van der Waals surface area contributed by atoms with Gasteiger partial charge in [0.15, 0.2) is 6.10 Å². The zero-order valence-electron chi connectivity index (χ0n) is 45.2. The van der Waals surface area contributed by atoms with Gasteiger partial charge in [0.1, 0.15) is 13.2 Å². The van der Waals surface area contributed by atoms with E-state index in [1.807, 2.05) is 0 Å². The Kier molecular flexibility index (Phi) is 53.6. The summed E-state index contributed by atoms with van der Waals surface area (Å²) in [6.07, 6.45) is 83.7. The summed E-state index contributed by atoms with van der Waals surface area (Å²) in [5.41, 5.74) is 0. The van der Waals surface area contributed by atoms with Crippen LogP contribution in [0.5, 0.6) is 0 Å². The highest BCUT2D eigenvalue weighted by Crippen LogP contribution is 2.11. The van der Waals surface area contributed by atoms with E-state index in [1.165, 1.54) is 25.7 Å². The Labute approximate surface area is 435 Å². The van der Waals surface area contributed by atoms with Crippen molar-refractivity contribution in [1.82, 2.24) is 0 Å². The second-order valence-corrected chi connectivity index (χ2v) is 17.7. The van der Waals surface area contributed by atoms with E-state index in [4.69, 9.17) is 14.2 Å². The molecule has 0 aliphatic carbocycles. The Morgan fingerprint density at radius 1 is 0.296 bits per heavy atom. The molecule has 0 aliphatic heterocycles. The predicted octanol–water partition coefficient (Wildman–Crippen LogP) is 19.0. The SMILES string of the molecule is CC/C=C\C/C=C\C/C=C\C/C=C\C/C=C\CCCCCC(=O)OC[C@H](COC(=O)CCC/C=C\C/C=C\C/C=C\C/C=C\CCCCC)OC(=O)CCCCCC/C=C\C/C=C\C/C=C\C/C=C\CC. The molecule has 0 N–H and O–H groups in total. The maximum atomic E-state index is 12.8. The molecule has 0 saturated carbocycles. The Bertz CT molecular complexity index is 1640. The Morgan fingerprint density at radius 3 is 0.915 bits per heavy atom. The molecule has 0 rings (SSSR count). The number of ether oxygens (including phenoxy) is 3. The first-order chi connectivity index (χ1) is 35.0. The maximum Gasteiger partial charge on any atom is 0.306 e. The van der Waals surface area contributed by atoms with Crippen molar-refractivity contribution in [3.63, 3.8) is 0 Å². The van der Waals surface area contributed by atoms with Gasteiger partial charge in [0.05, 0.1) is 0 Å². The standard InChI is InChI=1S/C65H100O6/c1-4-7-10-13-16-19-22-25-28-31-32-35-37-40-43-46-49-52-55-58-64(67)70-61-62(71-65(68)59-56-53-50-47-44-41-38-34-30-27-24-21-18-15-12-9-6-3)60-69-63(66)57-54-51-48-45-42-39-36-33-29-26-23-20-17-14-11-8-5-2/h7,9-10,12,16-21,25-30,32,35-36,38-41,43,45,48,62H,4-6,8,11,13-15,22-24,31,33-34,37,42,44,46-47,49-61H2,1-3H3/b10-7-,12-9-,19-16-,20-17-,21-18-,28-25-,29-26-,30-27-,35-32-,39-36-,41-38-,43-40-,48-45-/t62-/m0/s1. The van der Waals surface area contributed by atoms with E-state index < -0.39 is 6.10 Å². The lowest BCUT2D eigenvalue weighted by molar-refractivity contribution is -0.167. The van der Waals surface area contributed by atoms with Crippen LogP contribution in [0.4, 0.5) is 0 Å². The quantitative estimate of drug-likeness (QED) is 0.0262. The van der Waals surface area contributed by atoms with Crippen molar-refractivity contribution >= 4 is 17.9 Å². The van der Waals surface area contributed by atoms with Crippen LogP contribution in [0, 0.1) is 0 Å². The van der Waals surface area contributed by atoms with Crippen LogP contribution in [0.1, 0.15) is 213 Å². The topological polar surface area (TPSA) is 78.9 Å². The fourth-order valence-electron chi connectivity index (χ4n) is 6.86. The van der Waals surface area contributed by atoms with Crippen LogP contribution in [0.3, 0.4) is 0 Å². The van der Waals surface area contributed by atoms with Gasteiger partial charge in [-0.3, -0.25) is 14.4 Å². The first kappa shape index (κ1) is 66.0. The summed E-state index contributed by atoms with van der Waals surface area (Å²) in [6, 6.07) is 0. The number of carbonyl (C=O) groups is 3. The molecule has 0 saturated heterocycles. The molecule has 0 fully saturated rings. The van der Waals surface area contributed by atoms with Gasteiger partial charge >= 0.3 is 17.9 Å². The molecular weight excluding hydrogens is 877 g/mol. The number of unbranched alkanes of at least 4 members (excludes halogenated alkanes) is 11. The van der Waals surface area contributed by atoms with E-state index >= 15 is 0 Å². The molecule has 0 spiro atoms. The fourth-order valence-corrected chi connectivity index (χ4v) is 6.86. The summed E-state index contributed by atoms with van der Waals surface area (Å²) in [6.45, 7) is 6.27. The molecule has 0 bridgehead atoms. The summed E-state index contributed by atoms with van der Waals surface area (Å²) in [4.78, 5) is 38.1. The van der Waals surface area contributed by atoms with Gasteiger partial charge in [0, 0.05) is 19.3 Å². The average molecular weight is 978 g/mol. The van der Waals surface area contributed by atoms with Crippen LogP contribution in [-0.2, 0) is 28.6 Å². The second kappa shape index (κ2) is 57.6. The molecule has 0 amide bonds. The van der Waals surface area contributed by atoms with Crippen molar-refractivity contribution in [1.29, 1.82) is 0 Å². The van der Waals surface area contributed by atoms with Crippen molar-refractivity contribution in [3.05, 3.63) is 158 Å². The van der Waals surface area contributed by atoms with Crippen molar-refractivity contribution in [2.24, 2.45) is 0 Å². The van der Waals surface area contributed by atoms with E-state index in [9.17, 15) is 14.4 Å². The molecule has 1 atom stereocenters. The zero-order chi connectivity index (χ0) is 51.4. The molecule has 0 aliphatic rings. The van der Waals surface area contributed by atoms with Crippen LogP contribution in [-0.4, -0.2) is 37.2 Å². The van der Waals surface area contributed by atoms with Gasteiger partial charge in [-0.1, -0.05) is 211 Å². The first-order valence-corrected chi connectivity index (χ1v) is 28.0. The second-order valence-electron chi connectivity index (χ2n) is 17.7. The lowest BCUT2D eigenvalue weighted by Crippen LogP contribution is -2.30. The van der Waals surface area contributed by atoms with E-state index in [-0.39, 0.29) is 44.0 Å². The minimum atomic E-state index is -0.836. The van der Waals surface area contributed by atoms with Gasteiger partial charge in [-0.2, -0.15) is 0 Å². The van der Waals surface area contributed by atoms with Gasteiger partial charge < -0.3 is 14.2 Å². The zero-order valence-corrected chi connectivity index (χ0v) is 45.2. The Hall–Kier alpha value is -4.97.